The highest BCUT2D eigenvalue weighted by atomic mass is 32.2. The molecule has 3 aromatic rings. The number of hydrogen-bond acceptors (Lipinski definition) is 6. The molecule has 2 N–H and O–H groups in total. The Kier molecular flexibility index (Phi) is 7.30. The summed E-state index contributed by atoms with van der Waals surface area (Å²) in [5.74, 6) is 1.03. The number of aromatic nitrogens is 3. The second-order valence-electron chi connectivity index (χ2n) is 7.02. The molecule has 0 atom stereocenters. The second-order valence-corrected chi connectivity index (χ2v) is 7.96. The Balaban J connectivity index is 1.56. The fourth-order valence-electron chi connectivity index (χ4n) is 2.99. The highest BCUT2D eigenvalue weighted by molar-refractivity contribution is 7.99. The van der Waals surface area contributed by atoms with Gasteiger partial charge in [0.1, 0.15) is 11.6 Å². The van der Waals surface area contributed by atoms with Gasteiger partial charge in [-0.1, -0.05) is 36.0 Å². The molecule has 0 spiro atoms. The predicted molar refractivity (Wildman–Crippen MR) is 122 cm³/mol. The van der Waals surface area contributed by atoms with Crippen LogP contribution in [0.3, 0.4) is 0 Å². The average Bonchev–Trinajstić information content (AvgIpc) is 3.08. The van der Waals surface area contributed by atoms with Crippen molar-refractivity contribution >= 4 is 35.0 Å². The number of anilines is 2. The van der Waals surface area contributed by atoms with Gasteiger partial charge in [-0.3, -0.25) is 9.59 Å². The van der Waals surface area contributed by atoms with Crippen LogP contribution >= 0.6 is 11.8 Å². The third-order valence-electron chi connectivity index (χ3n) is 4.68. The number of nitrogens with zero attached hydrogens (tertiary/aromatic N) is 3. The number of carbonyl (C=O) groups excluding carboxylic acids is 2. The molecule has 0 bridgehead atoms. The van der Waals surface area contributed by atoms with Crippen molar-refractivity contribution in [1.29, 1.82) is 0 Å². The molecular formula is C22H25N5O3S. The van der Waals surface area contributed by atoms with Crippen LogP contribution < -0.4 is 15.4 Å². The van der Waals surface area contributed by atoms with Crippen molar-refractivity contribution in [1.82, 2.24) is 14.8 Å². The van der Waals surface area contributed by atoms with E-state index in [4.69, 9.17) is 4.74 Å². The number of thioether (sulfide) groups is 1. The molecule has 2 amide bonds. The molecule has 0 aliphatic carbocycles. The summed E-state index contributed by atoms with van der Waals surface area (Å²) in [6.07, 6.45) is 0.0653. The van der Waals surface area contributed by atoms with E-state index >= 15 is 0 Å². The minimum absolute atomic E-state index is 0.0653. The lowest BCUT2D eigenvalue weighted by Gasteiger charge is -2.11. The van der Waals surface area contributed by atoms with E-state index in [0.29, 0.717) is 22.4 Å². The van der Waals surface area contributed by atoms with Crippen LogP contribution in [0.1, 0.15) is 17.0 Å². The van der Waals surface area contributed by atoms with Gasteiger partial charge in [0.25, 0.3) is 0 Å². The van der Waals surface area contributed by atoms with Gasteiger partial charge in [-0.25, -0.2) is 0 Å². The van der Waals surface area contributed by atoms with E-state index in [9.17, 15) is 9.59 Å². The minimum Gasteiger partial charge on any atom is -0.497 e. The lowest BCUT2D eigenvalue weighted by molar-refractivity contribution is -0.116. The molecule has 0 fully saturated rings. The van der Waals surface area contributed by atoms with Crippen LogP contribution in [0.2, 0.25) is 0 Å². The minimum atomic E-state index is -0.215. The van der Waals surface area contributed by atoms with Crippen molar-refractivity contribution < 1.29 is 14.3 Å². The zero-order chi connectivity index (χ0) is 22.4. The monoisotopic (exact) mass is 439 g/mol. The average molecular weight is 440 g/mol. The van der Waals surface area contributed by atoms with Crippen molar-refractivity contribution in [2.24, 2.45) is 7.05 Å². The summed E-state index contributed by atoms with van der Waals surface area (Å²) >= 11 is 1.27. The second kappa shape index (κ2) is 10.1. The van der Waals surface area contributed by atoms with Gasteiger partial charge < -0.3 is 19.9 Å². The van der Waals surface area contributed by atoms with Crippen LogP contribution in [0.5, 0.6) is 5.75 Å². The first-order chi connectivity index (χ1) is 14.9. The van der Waals surface area contributed by atoms with E-state index in [0.717, 1.165) is 16.8 Å². The Morgan fingerprint density at radius 3 is 2.45 bits per heavy atom. The molecule has 1 aromatic heterocycles. The number of rotatable bonds is 8. The highest BCUT2D eigenvalue weighted by Gasteiger charge is 2.15. The molecule has 0 saturated carbocycles. The number of nitrogens with one attached hydrogen (secondary N) is 2. The number of ether oxygens (including phenoxy) is 1. The van der Waals surface area contributed by atoms with E-state index in [-0.39, 0.29) is 24.0 Å². The molecule has 0 aliphatic heterocycles. The van der Waals surface area contributed by atoms with Gasteiger partial charge in [-0.2, -0.15) is 0 Å². The Morgan fingerprint density at radius 1 is 1.03 bits per heavy atom. The molecule has 1 heterocycles. The predicted octanol–water partition coefficient (Wildman–Crippen LogP) is 3.35. The number of hydrogen-bond donors (Lipinski definition) is 2. The largest absolute Gasteiger partial charge is 0.497 e. The Bertz CT molecular complexity index is 1080. The van der Waals surface area contributed by atoms with Crippen LogP contribution in [-0.4, -0.2) is 39.4 Å². The first-order valence-corrected chi connectivity index (χ1v) is 10.7. The summed E-state index contributed by atoms with van der Waals surface area (Å²) < 4.78 is 6.88. The maximum atomic E-state index is 12.4. The number of methoxy groups -OCH3 is 1. The molecule has 3 rings (SSSR count). The van der Waals surface area contributed by atoms with Crippen LogP contribution in [-0.2, 0) is 23.1 Å². The Labute approximate surface area is 185 Å². The van der Waals surface area contributed by atoms with Crippen LogP contribution in [0.4, 0.5) is 11.4 Å². The van der Waals surface area contributed by atoms with Gasteiger partial charge in [0.15, 0.2) is 5.16 Å². The fraction of sp³-hybridized carbons (Fsp3) is 0.273. The summed E-state index contributed by atoms with van der Waals surface area (Å²) in [6, 6.07) is 13.0. The van der Waals surface area contributed by atoms with E-state index in [2.05, 4.69) is 20.8 Å². The van der Waals surface area contributed by atoms with Crippen LogP contribution in [0.25, 0.3) is 0 Å². The Hall–Kier alpha value is -3.33. The zero-order valence-corrected chi connectivity index (χ0v) is 18.7. The van der Waals surface area contributed by atoms with Gasteiger partial charge >= 0.3 is 0 Å². The van der Waals surface area contributed by atoms with Crippen LogP contribution in [0.15, 0.2) is 47.6 Å². The summed E-state index contributed by atoms with van der Waals surface area (Å²) in [4.78, 5) is 24.7. The van der Waals surface area contributed by atoms with Gasteiger partial charge in [0.2, 0.25) is 11.8 Å². The number of aryl methyl sites for hydroxylation is 2. The van der Waals surface area contributed by atoms with Gasteiger partial charge in [0, 0.05) is 24.5 Å². The smallest absolute Gasteiger partial charge is 0.234 e. The molecule has 9 heteroatoms. The molecule has 0 unspecified atom stereocenters. The van der Waals surface area contributed by atoms with E-state index in [1.807, 2.05) is 32.0 Å². The number of benzene rings is 2. The Morgan fingerprint density at radius 2 is 1.74 bits per heavy atom. The first-order valence-electron chi connectivity index (χ1n) is 9.68. The van der Waals surface area contributed by atoms with Crippen molar-refractivity contribution in [3.05, 3.63) is 59.4 Å². The molecule has 8 nitrogen and oxygen atoms in total. The summed E-state index contributed by atoms with van der Waals surface area (Å²) in [7, 11) is 3.35. The third-order valence-corrected chi connectivity index (χ3v) is 5.70. The maximum Gasteiger partial charge on any atom is 0.234 e. The zero-order valence-electron chi connectivity index (χ0n) is 17.9. The molecular weight excluding hydrogens is 414 g/mol. The lowest BCUT2D eigenvalue weighted by atomic mass is 10.1. The highest BCUT2D eigenvalue weighted by Crippen LogP contribution is 2.21. The normalized spacial score (nSPS) is 10.6. The fourth-order valence-corrected chi connectivity index (χ4v) is 3.72. The van der Waals surface area contributed by atoms with Crippen molar-refractivity contribution in [3.63, 3.8) is 0 Å². The molecule has 0 radical (unpaired) electrons. The molecule has 2 aromatic carbocycles. The van der Waals surface area contributed by atoms with Gasteiger partial charge in [-0.15, -0.1) is 10.2 Å². The van der Waals surface area contributed by atoms with Crippen LogP contribution in [0, 0.1) is 13.8 Å². The molecule has 31 heavy (non-hydrogen) atoms. The van der Waals surface area contributed by atoms with E-state index in [1.165, 1.54) is 11.8 Å². The first kappa shape index (κ1) is 22.4. The standard InChI is InChI=1S/C22H25N5O3S/c1-14-7-5-8-15(2)21(14)24-20(29)13-31-22-26-25-18(27(22)3)12-19(28)23-16-9-6-10-17(11-16)30-4/h5-11H,12-13H2,1-4H3,(H,23,28)(H,24,29). The number of carbonyl (C=O) groups is 2. The van der Waals surface area contributed by atoms with Gasteiger partial charge in [-0.05, 0) is 37.1 Å². The summed E-state index contributed by atoms with van der Waals surface area (Å²) in [6.45, 7) is 3.92. The topological polar surface area (TPSA) is 98.1 Å². The lowest BCUT2D eigenvalue weighted by Crippen LogP contribution is -2.17. The van der Waals surface area contributed by atoms with Crippen molar-refractivity contribution in [3.8, 4) is 5.75 Å². The van der Waals surface area contributed by atoms with E-state index < -0.39 is 0 Å². The molecule has 0 aliphatic rings. The number of amides is 2. The SMILES string of the molecule is COc1cccc(NC(=O)Cc2nnc(SCC(=O)Nc3c(C)cccc3C)n2C)c1. The molecule has 162 valence electrons. The quantitative estimate of drug-likeness (QED) is 0.523. The molecule has 0 saturated heterocycles. The van der Waals surface area contributed by atoms with Gasteiger partial charge in [0.05, 0.1) is 19.3 Å². The third kappa shape index (κ3) is 5.85. The van der Waals surface area contributed by atoms with E-state index in [1.54, 1.807) is 43.0 Å². The van der Waals surface area contributed by atoms with Crippen molar-refractivity contribution in [2.75, 3.05) is 23.5 Å². The summed E-state index contributed by atoms with van der Waals surface area (Å²) in [5.41, 5.74) is 3.51. The van der Waals surface area contributed by atoms with Crippen molar-refractivity contribution in [2.45, 2.75) is 25.4 Å². The summed E-state index contributed by atoms with van der Waals surface area (Å²) in [5, 5.41) is 14.6. The number of para-hydroxylation sites is 1. The maximum absolute atomic E-state index is 12.4.